The molecule has 4 aliphatic rings. The average molecular weight is 666 g/mol. The van der Waals surface area contributed by atoms with E-state index in [9.17, 15) is 18.0 Å². The molecule has 0 bridgehead atoms. The van der Waals surface area contributed by atoms with Gasteiger partial charge < -0.3 is 19.3 Å². The van der Waals surface area contributed by atoms with E-state index in [2.05, 4.69) is 9.62 Å². The van der Waals surface area contributed by atoms with E-state index >= 15 is 0 Å². The third-order valence-electron chi connectivity index (χ3n) is 10.0. The molecule has 1 aliphatic carbocycles. The molecule has 4 fully saturated rings. The summed E-state index contributed by atoms with van der Waals surface area (Å²) in [5.41, 5.74) is 2.00. The normalized spacial score (nSPS) is 22.0. The lowest BCUT2D eigenvalue weighted by Gasteiger charge is -2.35. The number of benzene rings is 1. The van der Waals surface area contributed by atoms with Crippen molar-refractivity contribution >= 4 is 33.1 Å². The molecule has 3 saturated heterocycles. The molecule has 3 aromatic rings. The summed E-state index contributed by atoms with van der Waals surface area (Å²) in [5.74, 6) is -0.0819. The molecular weight excluding hydrogens is 622 g/mol. The maximum atomic E-state index is 13.8. The summed E-state index contributed by atoms with van der Waals surface area (Å²) >= 11 is 0. The zero-order valence-electron chi connectivity index (χ0n) is 26.8. The highest BCUT2D eigenvalue weighted by Gasteiger charge is 2.42. The predicted octanol–water partition coefficient (Wildman–Crippen LogP) is 2.71. The molecule has 7 rings (SSSR count). The topological polar surface area (TPSA) is 139 Å². The first-order chi connectivity index (χ1) is 22.8. The van der Waals surface area contributed by atoms with Gasteiger partial charge in [-0.2, -0.15) is 17.8 Å². The number of para-hydroxylation sites is 1. The largest absolute Gasteiger partial charge is 0.492 e. The quantitative estimate of drug-likeness (QED) is 0.366. The Morgan fingerprint density at radius 2 is 1.72 bits per heavy atom. The van der Waals surface area contributed by atoms with Crippen LogP contribution in [0.2, 0.25) is 0 Å². The van der Waals surface area contributed by atoms with Crippen LogP contribution in [0.5, 0.6) is 5.75 Å². The number of carbonyl (C=O) groups excluding carboxylic acids is 2. The minimum atomic E-state index is -4.35. The number of aromatic nitrogens is 3. The first-order valence-electron chi connectivity index (χ1n) is 16.8. The molecule has 1 aromatic carbocycles. The van der Waals surface area contributed by atoms with Gasteiger partial charge in [-0.25, -0.2) is 14.4 Å². The molecule has 2 amide bonds. The van der Waals surface area contributed by atoms with Gasteiger partial charge in [-0.15, -0.1) is 0 Å². The van der Waals surface area contributed by atoms with Crippen molar-refractivity contribution in [2.75, 3.05) is 59.6 Å². The molecule has 47 heavy (non-hydrogen) atoms. The Bertz CT molecular complexity index is 1710. The number of nitrogens with zero attached hydrogens (tertiary/aromatic N) is 6. The Kier molecular flexibility index (Phi) is 9.18. The summed E-state index contributed by atoms with van der Waals surface area (Å²) in [5, 5.41) is 5.76. The number of amides is 2. The predicted molar refractivity (Wildman–Crippen MR) is 175 cm³/mol. The van der Waals surface area contributed by atoms with Crippen molar-refractivity contribution in [3.05, 3.63) is 47.8 Å². The van der Waals surface area contributed by atoms with Crippen LogP contribution in [0.15, 0.2) is 36.4 Å². The first kappa shape index (κ1) is 32.0. The average Bonchev–Trinajstić information content (AvgIpc) is 3.70. The molecule has 13 nitrogen and oxygen atoms in total. The summed E-state index contributed by atoms with van der Waals surface area (Å²) in [4.78, 5) is 35.8. The Morgan fingerprint density at radius 3 is 2.43 bits per heavy atom. The number of ether oxygens (including phenoxy) is 2. The minimum absolute atomic E-state index is 0.0959. The van der Waals surface area contributed by atoms with Gasteiger partial charge in [-0.3, -0.25) is 9.59 Å². The fourth-order valence-electron chi connectivity index (χ4n) is 6.92. The fourth-order valence-corrected chi connectivity index (χ4v) is 8.27. The third kappa shape index (κ3) is 6.60. The number of hydrogen-bond donors (Lipinski definition) is 1. The number of likely N-dealkylation sites (N-methyl/N-ethyl adjacent to an activating group) is 1. The second-order valence-electron chi connectivity index (χ2n) is 13.2. The second-order valence-corrected chi connectivity index (χ2v) is 14.8. The summed E-state index contributed by atoms with van der Waals surface area (Å²) in [6.45, 7) is 4.51. The van der Waals surface area contributed by atoms with Gasteiger partial charge in [0.05, 0.1) is 23.4 Å². The van der Waals surface area contributed by atoms with E-state index in [0.29, 0.717) is 63.1 Å². The molecule has 5 heterocycles. The van der Waals surface area contributed by atoms with E-state index in [4.69, 9.17) is 19.6 Å². The number of fused-ring (bicyclic) bond motifs is 1. The van der Waals surface area contributed by atoms with Crippen molar-refractivity contribution in [2.45, 2.75) is 56.9 Å². The van der Waals surface area contributed by atoms with Gasteiger partial charge in [0.2, 0.25) is 5.91 Å². The molecule has 252 valence electrons. The van der Waals surface area contributed by atoms with E-state index in [1.165, 1.54) is 0 Å². The van der Waals surface area contributed by atoms with Gasteiger partial charge in [-0.1, -0.05) is 24.6 Å². The van der Waals surface area contributed by atoms with Crippen LogP contribution >= 0.6 is 0 Å². The molecule has 0 radical (unpaired) electrons. The molecule has 2 aromatic heterocycles. The lowest BCUT2D eigenvalue weighted by molar-refractivity contribution is -0.136. The van der Waals surface area contributed by atoms with Crippen molar-refractivity contribution < 1.29 is 27.5 Å². The number of pyridine rings is 1. The molecule has 3 aliphatic heterocycles. The Hall–Kier alpha value is -3.59. The molecule has 1 saturated carbocycles. The van der Waals surface area contributed by atoms with Crippen molar-refractivity contribution in [1.29, 1.82) is 0 Å². The molecule has 0 spiro atoms. The van der Waals surface area contributed by atoms with Gasteiger partial charge in [0.15, 0.2) is 5.65 Å². The van der Waals surface area contributed by atoms with Crippen LogP contribution in [-0.4, -0.2) is 115 Å². The highest BCUT2D eigenvalue weighted by molar-refractivity contribution is 7.87. The molecule has 0 unspecified atom stereocenters. The summed E-state index contributed by atoms with van der Waals surface area (Å²) in [6.07, 6.45) is 5.83. The number of carbonyl (C=O) groups is 2. The van der Waals surface area contributed by atoms with Crippen LogP contribution in [0.25, 0.3) is 16.7 Å². The van der Waals surface area contributed by atoms with E-state index in [0.717, 1.165) is 66.3 Å². The summed E-state index contributed by atoms with van der Waals surface area (Å²) < 4.78 is 44.5. The highest BCUT2D eigenvalue weighted by Crippen LogP contribution is 2.42. The van der Waals surface area contributed by atoms with Crippen LogP contribution < -0.4 is 9.46 Å². The van der Waals surface area contributed by atoms with Crippen LogP contribution in [-0.2, 0) is 19.7 Å². The molecule has 1 N–H and O–H groups in total. The summed E-state index contributed by atoms with van der Waals surface area (Å²) in [7, 11) is -2.36. The summed E-state index contributed by atoms with van der Waals surface area (Å²) in [6, 6.07) is 10.3. The van der Waals surface area contributed by atoms with Crippen molar-refractivity contribution in [3.63, 3.8) is 0 Å². The first-order valence-corrected chi connectivity index (χ1v) is 18.2. The van der Waals surface area contributed by atoms with Gasteiger partial charge >= 0.3 is 10.2 Å². The maximum Gasteiger partial charge on any atom is 0.304 e. The van der Waals surface area contributed by atoms with Crippen molar-refractivity contribution in [1.82, 2.24) is 33.6 Å². The Labute approximate surface area is 275 Å². The zero-order chi connectivity index (χ0) is 32.5. The van der Waals surface area contributed by atoms with E-state index in [1.54, 1.807) is 15.6 Å². The Morgan fingerprint density at radius 1 is 0.979 bits per heavy atom. The lowest BCUT2D eigenvalue weighted by Crippen LogP contribution is -2.55. The van der Waals surface area contributed by atoms with E-state index in [1.807, 2.05) is 37.4 Å². The van der Waals surface area contributed by atoms with Crippen molar-refractivity contribution in [2.24, 2.45) is 5.92 Å². The monoisotopic (exact) mass is 665 g/mol. The zero-order valence-corrected chi connectivity index (χ0v) is 27.7. The lowest BCUT2D eigenvalue weighted by atomic mass is 9.82. The van der Waals surface area contributed by atoms with Gasteiger partial charge in [0, 0.05) is 57.9 Å². The SMILES string of the molecule is CN1CCN(C(=O)[C@@H]2CCCN2S(=O)(=O)NC(=O)c2cc(OCC3CCOCC3)c3c(C4CCC4)nn(-c4ccccc4)c3n2)CC1. The fraction of sp³-hybridized carbons (Fsp3) is 0.576. The molecular formula is C33H43N7O6S. The van der Waals surface area contributed by atoms with Gasteiger partial charge in [-0.05, 0) is 63.6 Å². The van der Waals surface area contributed by atoms with E-state index in [-0.39, 0.29) is 24.1 Å². The van der Waals surface area contributed by atoms with Crippen molar-refractivity contribution in [3.8, 4) is 11.4 Å². The van der Waals surface area contributed by atoms with E-state index < -0.39 is 22.2 Å². The maximum absolute atomic E-state index is 13.8. The second kappa shape index (κ2) is 13.5. The number of nitrogens with one attached hydrogen (secondary N) is 1. The van der Waals surface area contributed by atoms with Crippen LogP contribution in [0.4, 0.5) is 0 Å². The number of piperazine rings is 1. The number of hydrogen-bond acceptors (Lipinski definition) is 9. The van der Waals surface area contributed by atoms with Gasteiger partial charge in [0.1, 0.15) is 17.5 Å². The smallest absolute Gasteiger partial charge is 0.304 e. The molecule has 1 atom stereocenters. The van der Waals surface area contributed by atoms with Crippen LogP contribution in [0.1, 0.15) is 67.0 Å². The Balaban J connectivity index is 1.21. The molecule has 14 heteroatoms. The highest BCUT2D eigenvalue weighted by atomic mass is 32.2. The number of rotatable bonds is 9. The van der Waals surface area contributed by atoms with Crippen LogP contribution in [0, 0.1) is 5.92 Å². The third-order valence-corrected chi connectivity index (χ3v) is 11.5. The van der Waals surface area contributed by atoms with Crippen LogP contribution in [0.3, 0.4) is 0 Å². The standard InChI is InChI=1S/C33H43N7O6S/c1-37-15-17-38(18-16-37)33(42)27-11-6-14-39(27)47(43,44)36-32(41)26-21-28(46-22-23-12-19-45-20-13-23)29-30(24-7-5-8-24)35-40(31(29)34-26)25-9-3-2-4-10-25/h2-4,9-10,21,23-24,27H,5-8,11-20,22H2,1H3,(H,36,41)/t27-/m0/s1. The van der Waals surface area contributed by atoms with Gasteiger partial charge in [0.25, 0.3) is 5.91 Å². The minimum Gasteiger partial charge on any atom is -0.492 e.